The Kier molecular flexibility index (Phi) is 5.99. The van der Waals surface area contributed by atoms with Gasteiger partial charge in [-0.25, -0.2) is 0 Å². The maximum absolute atomic E-state index is 12.1. The van der Waals surface area contributed by atoms with Crippen LogP contribution in [0.3, 0.4) is 0 Å². The Balaban J connectivity index is 1.85. The van der Waals surface area contributed by atoms with Crippen LogP contribution < -0.4 is 11.1 Å². The Morgan fingerprint density at radius 3 is 2.76 bits per heavy atom. The molecule has 1 fully saturated rings. The Bertz CT molecular complexity index is 466. The number of rotatable bonds is 6. The number of benzene rings is 1. The molecule has 0 aromatic heterocycles. The van der Waals surface area contributed by atoms with Crippen LogP contribution >= 0.6 is 11.6 Å². The van der Waals surface area contributed by atoms with Crippen LogP contribution in [0.1, 0.15) is 24.5 Å². The van der Waals surface area contributed by atoms with Gasteiger partial charge in [0.25, 0.3) is 0 Å². The fraction of sp³-hybridized carbons (Fsp3) is 0.533. The number of hydrogen-bond donors (Lipinski definition) is 2. The molecule has 1 heterocycles. The lowest BCUT2D eigenvalue weighted by Crippen LogP contribution is -2.38. The first-order valence-electron chi connectivity index (χ1n) is 7.05. The molecule has 0 spiro atoms. The van der Waals surface area contributed by atoms with Gasteiger partial charge in [0, 0.05) is 25.2 Å². The Morgan fingerprint density at radius 1 is 1.48 bits per heavy atom. The van der Waals surface area contributed by atoms with E-state index in [1.807, 2.05) is 12.1 Å². The van der Waals surface area contributed by atoms with Gasteiger partial charge in [0.15, 0.2) is 0 Å². The summed E-state index contributed by atoms with van der Waals surface area (Å²) in [5, 5.41) is 3.54. The molecule has 0 aliphatic carbocycles. The highest BCUT2D eigenvalue weighted by molar-refractivity contribution is 6.30. The van der Waals surface area contributed by atoms with Crippen molar-refractivity contribution in [3.63, 3.8) is 0 Å². The first-order valence-corrected chi connectivity index (χ1v) is 7.43. The van der Waals surface area contributed by atoms with Gasteiger partial charge in [-0.2, -0.15) is 0 Å². The molecule has 1 aliphatic heterocycles. The highest BCUT2D eigenvalue weighted by Gasteiger charge is 2.30. The van der Waals surface area contributed by atoms with E-state index >= 15 is 0 Å². The van der Waals surface area contributed by atoms with E-state index in [-0.39, 0.29) is 18.1 Å². The van der Waals surface area contributed by atoms with E-state index in [1.54, 1.807) is 19.2 Å². The molecule has 6 heteroatoms. The fourth-order valence-electron chi connectivity index (χ4n) is 2.39. The summed E-state index contributed by atoms with van der Waals surface area (Å²) in [6.45, 7) is 0.847. The lowest BCUT2D eigenvalue weighted by atomic mass is 10.1. The van der Waals surface area contributed by atoms with E-state index in [4.69, 9.17) is 26.8 Å². The van der Waals surface area contributed by atoms with Crippen LogP contribution in [-0.4, -0.2) is 38.3 Å². The van der Waals surface area contributed by atoms with E-state index in [2.05, 4.69) is 5.32 Å². The van der Waals surface area contributed by atoms with Crippen LogP contribution in [-0.2, 0) is 14.3 Å². The second-order valence-electron chi connectivity index (χ2n) is 5.08. The minimum absolute atomic E-state index is 0.00441. The molecule has 1 saturated heterocycles. The molecule has 3 atom stereocenters. The number of hydrogen-bond acceptors (Lipinski definition) is 4. The highest BCUT2D eigenvalue weighted by Crippen LogP contribution is 2.21. The standard InChI is InChI=1S/C15H21ClN2O3/c1-20-14(10-2-4-11(16)5-3-10)9-18-15(19)13-7-6-12(8-17)21-13/h2-5,12-14H,6-9,17H2,1H3,(H,18,19)/t12-,13+,14?/m1/s1. The average molecular weight is 313 g/mol. The summed E-state index contributed by atoms with van der Waals surface area (Å²) in [4.78, 5) is 12.1. The van der Waals surface area contributed by atoms with Gasteiger partial charge < -0.3 is 20.5 Å². The summed E-state index contributed by atoms with van der Waals surface area (Å²) in [6, 6.07) is 7.38. The number of nitrogens with one attached hydrogen (secondary N) is 1. The zero-order chi connectivity index (χ0) is 15.2. The topological polar surface area (TPSA) is 73.6 Å². The molecule has 0 bridgehead atoms. The maximum atomic E-state index is 12.1. The van der Waals surface area contributed by atoms with Crippen molar-refractivity contribution >= 4 is 17.5 Å². The van der Waals surface area contributed by atoms with Crippen LogP contribution in [0.25, 0.3) is 0 Å². The zero-order valence-corrected chi connectivity index (χ0v) is 12.8. The van der Waals surface area contributed by atoms with Crippen molar-refractivity contribution in [2.45, 2.75) is 31.2 Å². The molecule has 2 rings (SSSR count). The normalized spacial score (nSPS) is 23.0. The molecule has 3 N–H and O–H groups in total. The van der Waals surface area contributed by atoms with Crippen molar-refractivity contribution in [2.75, 3.05) is 20.2 Å². The maximum Gasteiger partial charge on any atom is 0.249 e. The van der Waals surface area contributed by atoms with Crippen LogP contribution in [0, 0.1) is 0 Å². The van der Waals surface area contributed by atoms with E-state index in [0.717, 1.165) is 12.0 Å². The lowest BCUT2D eigenvalue weighted by Gasteiger charge is -2.18. The largest absolute Gasteiger partial charge is 0.375 e. The zero-order valence-electron chi connectivity index (χ0n) is 12.0. The molecule has 1 aliphatic rings. The van der Waals surface area contributed by atoms with Crippen molar-refractivity contribution in [1.29, 1.82) is 0 Å². The van der Waals surface area contributed by atoms with E-state index in [1.165, 1.54) is 0 Å². The molecular weight excluding hydrogens is 292 g/mol. The van der Waals surface area contributed by atoms with Crippen LogP contribution in [0.15, 0.2) is 24.3 Å². The average Bonchev–Trinajstić information content (AvgIpc) is 2.98. The van der Waals surface area contributed by atoms with Crippen molar-refractivity contribution in [3.05, 3.63) is 34.9 Å². The number of nitrogens with two attached hydrogens (primary N) is 1. The van der Waals surface area contributed by atoms with Crippen molar-refractivity contribution in [3.8, 4) is 0 Å². The number of methoxy groups -OCH3 is 1. The van der Waals surface area contributed by atoms with Gasteiger partial charge in [0.1, 0.15) is 6.10 Å². The van der Waals surface area contributed by atoms with Gasteiger partial charge in [-0.3, -0.25) is 4.79 Å². The predicted octanol–water partition coefficient (Wildman–Crippen LogP) is 1.65. The van der Waals surface area contributed by atoms with Gasteiger partial charge >= 0.3 is 0 Å². The molecular formula is C15H21ClN2O3. The SMILES string of the molecule is COC(CNC(=O)[C@@H]1CC[C@H](CN)O1)c1ccc(Cl)cc1. The number of carbonyl (C=O) groups excluding carboxylic acids is 1. The number of ether oxygens (including phenoxy) is 2. The summed E-state index contributed by atoms with van der Waals surface area (Å²) in [7, 11) is 1.61. The summed E-state index contributed by atoms with van der Waals surface area (Å²) in [5.41, 5.74) is 6.51. The molecule has 1 unspecified atom stereocenters. The highest BCUT2D eigenvalue weighted by atomic mass is 35.5. The second-order valence-corrected chi connectivity index (χ2v) is 5.52. The quantitative estimate of drug-likeness (QED) is 0.837. The summed E-state index contributed by atoms with van der Waals surface area (Å²) in [5.74, 6) is -0.109. The predicted molar refractivity (Wildman–Crippen MR) is 81.2 cm³/mol. The van der Waals surface area contributed by atoms with E-state index in [0.29, 0.717) is 24.5 Å². The number of halogens is 1. The third-order valence-electron chi connectivity index (χ3n) is 3.65. The fourth-order valence-corrected chi connectivity index (χ4v) is 2.52. The number of amides is 1. The van der Waals surface area contributed by atoms with Crippen molar-refractivity contribution in [2.24, 2.45) is 5.73 Å². The number of carbonyl (C=O) groups is 1. The molecule has 116 valence electrons. The Hall–Kier alpha value is -1.14. The second kappa shape index (κ2) is 7.75. The van der Waals surface area contributed by atoms with Crippen LogP contribution in [0.2, 0.25) is 5.02 Å². The van der Waals surface area contributed by atoms with Gasteiger partial charge in [0.05, 0.1) is 12.2 Å². The monoisotopic (exact) mass is 312 g/mol. The smallest absolute Gasteiger partial charge is 0.249 e. The summed E-state index contributed by atoms with van der Waals surface area (Å²) in [6.07, 6.45) is 0.931. The molecule has 0 radical (unpaired) electrons. The third kappa shape index (κ3) is 4.41. The van der Waals surface area contributed by atoms with Crippen LogP contribution in [0.5, 0.6) is 0 Å². The first kappa shape index (κ1) is 16.2. The van der Waals surface area contributed by atoms with E-state index < -0.39 is 6.10 Å². The van der Waals surface area contributed by atoms with Gasteiger partial charge in [-0.05, 0) is 30.5 Å². The van der Waals surface area contributed by atoms with Crippen molar-refractivity contribution in [1.82, 2.24) is 5.32 Å². The molecule has 0 saturated carbocycles. The molecule has 1 aromatic rings. The minimum atomic E-state index is -0.402. The first-order chi connectivity index (χ1) is 10.1. The molecule has 21 heavy (non-hydrogen) atoms. The summed E-state index contributed by atoms with van der Waals surface area (Å²) < 4.78 is 11.0. The lowest BCUT2D eigenvalue weighted by molar-refractivity contribution is -0.132. The van der Waals surface area contributed by atoms with Crippen LogP contribution in [0.4, 0.5) is 0 Å². The summed E-state index contributed by atoms with van der Waals surface area (Å²) >= 11 is 5.86. The van der Waals surface area contributed by atoms with Gasteiger partial charge in [-0.15, -0.1) is 0 Å². The van der Waals surface area contributed by atoms with Gasteiger partial charge in [0.2, 0.25) is 5.91 Å². The molecule has 5 nitrogen and oxygen atoms in total. The molecule has 1 aromatic carbocycles. The van der Waals surface area contributed by atoms with E-state index in [9.17, 15) is 4.79 Å². The Labute approximate surface area is 129 Å². The van der Waals surface area contributed by atoms with Gasteiger partial charge in [-0.1, -0.05) is 23.7 Å². The van der Waals surface area contributed by atoms with Crippen molar-refractivity contribution < 1.29 is 14.3 Å². The Morgan fingerprint density at radius 2 is 2.19 bits per heavy atom. The molecule has 1 amide bonds. The minimum Gasteiger partial charge on any atom is -0.375 e. The third-order valence-corrected chi connectivity index (χ3v) is 3.90.